The molecule has 2 amide bonds. The fourth-order valence-electron chi connectivity index (χ4n) is 3.71. The fourth-order valence-corrected chi connectivity index (χ4v) is 3.71. The van der Waals surface area contributed by atoms with Gasteiger partial charge in [-0.25, -0.2) is 4.79 Å². The summed E-state index contributed by atoms with van der Waals surface area (Å²) in [6.07, 6.45) is 4.74. The van der Waals surface area contributed by atoms with Crippen molar-refractivity contribution in [3.05, 3.63) is 77.4 Å². The standard InChI is InChI=1S/C25H28N2O4/c1-26(18-20-8-11-22(12-9-20)25(30)31-2)24(29)21-14-16-27(17-15-21)23(28)13-10-19-6-4-3-5-7-19/h3-13,21H,14-18H2,1-2H3. The van der Waals surface area contributed by atoms with Crippen LogP contribution in [0.2, 0.25) is 0 Å². The minimum absolute atomic E-state index is 0.0196. The summed E-state index contributed by atoms with van der Waals surface area (Å²) in [6.45, 7) is 1.63. The second-order valence-electron chi connectivity index (χ2n) is 7.73. The Morgan fingerprint density at radius 2 is 1.68 bits per heavy atom. The van der Waals surface area contributed by atoms with Gasteiger partial charge in [0, 0.05) is 38.7 Å². The van der Waals surface area contributed by atoms with Crippen molar-refractivity contribution in [3.63, 3.8) is 0 Å². The van der Waals surface area contributed by atoms with E-state index in [1.54, 1.807) is 35.1 Å². The Hall–Kier alpha value is -3.41. The van der Waals surface area contributed by atoms with Gasteiger partial charge in [0.25, 0.3) is 0 Å². The van der Waals surface area contributed by atoms with Crippen LogP contribution in [0.25, 0.3) is 6.08 Å². The molecular weight excluding hydrogens is 392 g/mol. The van der Waals surface area contributed by atoms with E-state index in [4.69, 9.17) is 4.74 Å². The van der Waals surface area contributed by atoms with E-state index >= 15 is 0 Å². The Morgan fingerprint density at radius 3 is 2.29 bits per heavy atom. The van der Waals surface area contributed by atoms with Crippen molar-refractivity contribution in [2.45, 2.75) is 19.4 Å². The maximum absolute atomic E-state index is 12.8. The highest BCUT2D eigenvalue weighted by Crippen LogP contribution is 2.21. The number of hydrogen-bond acceptors (Lipinski definition) is 4. The van der Waals surface area contributed by atoms with E-state index in [1.165, 1.54) is 7.11 Å². The average Bonchev–Trinajstić information content (AvgIpc) is 2.82. The van der Waals surface area contributed by atoms with Crippen LogP contribution in [-0.2, 0) is 20.9 Å². The number of nitrogens with zero attached hydrogens (tertiary/aromatic N) is 2. The number of benzene rings is 2. The maximum Gasteiger partial charge on any atom is 0.337 e. The van der Waals surface area contributed by atoms with Gasteiger partial charge in [0.05, 0.1) is 12.7 Å². The number of hydrogen-bond donors (Lipinski definition) is 0. The second-order valence-corrected chi connectivity index (χ2v) is 7.73. The SMILES string of the molecule is COC(=O)c1ccc(CN(C)C(=O)C2CCN(C(=O)C=Cc3ccccc3)CC2)cc1. The molecule has 3 rings (SSSR count). The van der Waals surface area contributed by atoms with Crippen molar-refractivity contribution in [1.29, 1.82) is 0 Å². The molecule has 0 aliphatic carbocycles. The summed E-state index contributed by atoms with van der Waals surface area (Å²) >= 11 is 0. The van der Waals surface area contributed by atoms with E-state index < -0.39 is 0 Å². The molecule has 1 heterocycles. The third kappa shape index (κ3) is 6.04. The summed E-state index contributed by atoms with van der Waals surface area (Å²) in [7, 11) is 3.14. The Morgan fingerprint density at radius 1 is 1.03 bits per heavy atom. The molecule has 0 radical (unpaired) electrons. The Kier molecular flexibility index (Phi) is 7.60. The molecule has 1 aliphatic heterocycles. The number of piperidine rings is 1. The van der Waals surface area contributed by atoms with Crippen molar-refractivity contribution in [3.8, 4) is 0 Å². The van der Waals surface area contributed by atoms with E-state index in [1.807, 2.05) is 48.5 Å². The topological polar surface area (TPSA) is 66.9 Å². The smallest absolute Gasteiger partial charge is 0.337 e. The minimum Gasteiger partial charge on any atom is -0.465 e. The third-order valence-corrected chi connectivity index (χ3v) is 5.54. The lowest BCUT2D eigenvalue weighted by Gasteiger charge is -2.32. The van der Waals surface area contributed by atoms with Gasteiger partial charge in [-0.1, -0.05) is 42.5 Å². The summed E-state index contributed by atoms with van der Waals surface area (Å²) in [5.41, 5.74) is 2.42. The zero-order valence-electron chi connectivity index (χ0n) is 18.0. The van der Waals surface area contributed by atoms with Crippen LogP contribution in [0.15, 0.2) is 60.7 Å². The van der Waals surface area contributed by atoms with E-state index in [0.717, 1.165) is 11.1 Å². The number of amides is 2. The van der Waals surface area contributed by atoms with E-state index in [9.17, 15) is 14.4 Å². The summed E-state index contributed by atoms with van der Waals surface area (Å²) < 4.78 is 4.70. The van der Waals surface area contributed by atoms with Gasteiger partial charge < -0.3 is 14.5 Å². The molecule has 0 unspecified atom stereocenters. The molecule has 0 aromatic heterocycles. The van der Waals surface area contributed by atoms with Crippen LogP contribution in [0.5, 0.6) is 0 Å². The molecule has 1 fully saturated rings. The summed E-state index contributed by atoms with van der Waals surface area (Å²) in [4.78, 5) is 40.3. The first kappa shape index (κ1) is 22.3. The molecule has 0 spiro atoms. The number of likely N-dealkylation sites (tertiary alicyclic amines) is 1. The highest BCUT2D eigenvalue weighted by atomic mass is 16.5. The van der Waals surface area contributed by atoms with Gasteiger partial charge in [0.15, 0.2) is 0 Å². The number of rotatable bonds is 6. The van der Waals surface area contributed by atoms with E-state index in [0.29, 0.717) is 38.0 Å². The van der Waals surface area contributed by atoms with Gasteiger partial charge >= 0.3 is 5.97 Å². The van der Waals surface area contributed by atoms with E-state index in [2.05, 4.69) is 0 Å². The second kappa shape index (κ2) is 10.6. The lowest BCUT2D eigenvalue weighted by atomic mass is 9.95. The lowest BCUT2D eigenvalue weighted by molar-refractivity contribution is -0.138. The van der Waals surface area contributed by atoms with E-state index in [-0.39, 0.29) is 23.7 Å². The van der Waals surface area contributed by atoms with Crippen molar-refractivity contribution >= 4 is 23.9 Å². The lowest BCUT2D eigenvalue weighted by Crippen LogP contribution is -2.42. The predicted octanol–water partition coefficient (Wildman–Crippen LogP) is 3.38. The first-order valence-electron chi connectivity index (χ1n) is 10.4. The monoisotopic (exact) mass is 420 g/mol. The number of methoxy groups -OCH3 is 1. The Bertz CT molecular complexity index is 930. The van der Waals surface area contributed by atoms with Crippen molar-refractivity contribution < 1.29 is 19.1 Å². The number of carbonyl (C=O) groups is 3. The molecule has 0 atom stereocenters. The van der Waals surface area contributed by atoms with Crippen LogP contribution in [0.1, 0.15) is 34.3 Å². The van der Waals surface area contributed by atoms with Gasteiger partial charge in [-0.3, -0.25) is 9.59 Å². The molecule has 162 valence electrons. The normalized spacial score (nSPS) is 14.5. The fraction of sp³-hybridized carbons (Fsp3) is 0.320. The van der Waals surface area contributed by atoms with Crippen LogP contribution in [0, 0.1) is 5.92 Å². The van der Waals surface area contributed by atoms with Gasteiger partial charge in [-0.2, -0.15) is 0 Å². The molecule has 2 aromatic rings. The van der Waals surface area contributed by atoms with Gasteiger partial charge in [-0.05, 0) is 42.2 Å². The third-order valence-electron chi connectivity index (χ3n) is 5.54. The molecule has 6 nitrogen and oxygen atoms in total. The molecule has 31 heavy (non-hydrogen) atoms. The minimum atomic E-state index is -0.379. The largest absolute Gasteiger partial charge is 0.465 e. The Balaban J connectivity index is 1.48. The zero-order chi connectivity index (χ0) is 22.2. The Labute approximate surface area is 183 Å². The van der Waals surface area contributed by atoms with Gasteiger partial charge in [0.2, 0.25) is 11.8 Å². The first-order valence-corrected chi connectivity index (χ1v) is 10.4. The van der Waals surface area contributed by atoms with Gasteiger partial charge in [0.1, 0.15) is 0 Å². The molecule has 1 aliphatic rings. The molecule has 2 aromatic carbocycles. The van der Waals surface area contributed by atoms with Crippen molar-refractivity contribution in [2.75, 3.05) is 27.2 Å². The molecule has 6 heteroatoms. The van der Waals surface area contributed by atoms with Crippen LogP contribution >= 0.6 is 0 Å². The van der Waals surface area contributed by atoms with Crippen LogP contribution in [0.3, 0.4) is 0 Å². The molecule has 1 saturated heterocycles. The molecular formula is C25H28N2O4. The van der Waals surface area contributed by atoms with Crippen LogP contribution < -0.4 is 0 Å². The quantitative estimate of drug-likeness (QED) is 0.531. The van der Waals surface area contributed by atoms with Crippen molar-refractivity contribution in [2.24, 2.45) is 5.92 Å². The number of ether oxygens (including phenoxy) is 1. The van der Waals surface area contributed by atoms with Gasteiger partial charge in [-0.15, -0.1) is 0 Å². The summed E-state index contributed by atoms with van der Waals surface area (Å²) in [5.74, 6) is -0.393. The van der Waals surface area contributed by atoms with Crippen LogP contribution in [0.4, 0.5) is 0 Å². The summed E-state index contributed by atoms with van der Waals surface area (Å²) in [5, 5.41) is 0. The number of esters is 1. The zero-order valence-corrected chi connectivity index (χ0v) is 18.0. The van der Waals surface area contributed by atoms with Crippen molar-refractivity contribution in [1.82, 2.24) is 9.80 Å². The summed E-state index contributed by atoms with van der Waals surface area (Å²) in [6, 6.07) is 16.8. The highest BCUT2D eigenvalue weighted by molar-refractivity contribution is 5.92. The first-order chi connectivity index (χ1) is 15.0. The molecule has 0 bridgehead atoms. The predicted molar refractivity (Wildman–Crippen MR) is 119 cm³/mol. The van der Waals surface area contributed by atoms with Crippen LogP contribution in [-0.4, -0.2) is 54.8 Å². The molecule has 0 saturated carbocycles. The highest BCUT2D eigenvalue weighted by Gasteiger charge is 2.28. The maximum atomic E-state index is 12.8. The number of carbonyl (C=O) groups excluding carboxylic acids is 3. The molecule has 0 N–H and O–H groups in total. The average molecular weight is 421 g/mol.